The van der Waals surface area contributed by atoms with E-state index in [1.807, 2.05) is 0 Å². The van der Waals surface area contributed by atoms with Crippen molar-refractivity contribution in [3.8, 4) is 5.75 Å². The SMILES string of the molecule is COCc1cc(C(F)(F)F)ccc1OC1CCN(O)CC1. The van der Waals surface area contributed by atoms with Crippen LogP contribution in [0.25, 0.3) is 0 Å². The van der Waals surface area contributed by atoms with Gasteiger partial charge in [0.15, 0.2) is 0 Å². The number of rotatable bonds is 4. The predicted octanol–water partition coefficient (Wildman–Crippen LogP) is 3.08. The molecule has 21 heavy (non-hydrogen) atoms. The first-order valence-corrected chi connectivity index (χ1v) is 6.69. The summed E-state index contributed by atoms with van der Waals surface area (Å²) in [5.41, 5.74) is -0.342. The highest BCUT2D eigenvalue weighted by Crippen LogP contribution is 2.33. The first-order chi connectivity index (χ1) is 9.90. The van der Waals surface area contributed by atoms with E-state index in [2.05, 4.69) is 0 Å². The molecule has 0 amide bonds. The number of benzene rings is 1. The highest BCUT2D eigenvalue weighted by molar-refractivity contribution is 5.38. The number of methoxy groups -OCH3 is 1. The Bertz CT molecular complexity index is 471. The normalized spacial score (nSPS) is 18.0. The van der Waals surface area contributed by atoms with Gasteiger partial charge in [-0.25, -0.2) is 0 Å². The van der Waals surface area contributed by atoms with Crippen molar-refractivity contribution in [2.75, 3.05) is 20.2 Å². The second-order valence-electron chi connectivity index (χ2n) is 5.02. The fourth-order valence-corrected chi connectivity index (χ4v) is 2.28. The van der Waals surface area contributed by atoms with Crippen molar-refractivity contribution in [3.05, 3.63) is 29.3 Å². The molecule has 1 aromatic rings. The van der Waals surface area contributed by atoms with Crippen LogP contribution in [-0.2, 0) is 17.5 Å². The first kappa shape index (κ1) is 16.1. The Morgan fingerprint density at radius 3 is 2.52 bits per heavy atom. The molecule has 0 bridgehead atoms. The average Bonchev–Trinajstić information content (AvgIpc) is 2.42. The number of hydroxylamine groups is 2. The van der Waals surface area contributed by atoms with Crippen molar-refractivity contribution >= 4 is 0 Å². The Balaban J connectivity index is 2.14. The molecule has 4 nitrogen and oxygen atoms in total. The van der Waals surface area contributed by atoms with E-state index in [9.17, 15) is 18.4 Å². The van der Waals surface area contributed by atoms with E-state index in [1.54, 1.807) is 0 Å². The zero-order valence-corrected chi connectivity index (χ0v) is 11.7. The summed E-state index contributed by atoms with van der Waals surface area (Å²) in [6, 6.07) is 3.40. The molecule has 0 aromatic heterocycles. The smallest absolute Gasteiger partial charge is 0.416 e. The molecule has 0 aliphatic carbocycles. The number of halogens is 3. The number of piperidine rings is 1. The molecule has 1 fully saturated rings. The van der Waals surface area contributed by atoms with Crippen LogP contribution in [-0.4, -0.2) is 36.6 Å². The van der Waals surface area contributed by atoms with Crippen molar-refractivity contribution in [1.82, 2.24) is 5.06 Å². The van der Waals surface area contributed by atoms with Gasteiger partial charge in [0.05, 0.1) is 12.2 Å². The minimum absolute atomic E-state index is 0.0537. The van der Waals surface area contributed by atoms with Crippen LogP contribution >= 0.6 is 0 Å². The Hall–Kier alpha value is -1.31. The average molecular weight is 305 g/mol. The molecule has 0 radical (unpaired) electrons. The van der Waals surface area contributed by atoms with Crippen LogP contribution in [0, 0.1) is 0 Å². The third-order valence-electron chi connectivity index (χ3n) is 3.40. The highest BCUT2D eigenvalue weighted by atomic mass is 19.4. The van der Waals surface area contributed by atoms with Crippen molar-refractivity contribution < 1.29 is 27.9 Å². The molecule has 1 aliphatic heterocycles. The lowest BCUT2D eigenvalue weighted by molar-refractivity contribution is -0.137. The van der Waals surface area contributed by atoms with Crippen LogP contribution in [0.2, 0.25) is 0 Å². The Morgan fingerprint density at radius 1 is 1.29 bits per heavy atom. The highest BCUT2D eigenvalue weighted by Gasteiger charge is 2.31. The van der Waals surface area contributed by atoms with E-state index in [0.29, 0.717) is 37.2 Å². The molecule has 2 rings (SSSR count). The van der Waals surface area contributed by atoms with Crippen LogP contribution in [0.15, 0.2) is 18.2 Å². The molecule has 118 valence electrons. The number of ether oxygens (including phenoxy) is 2. The number of hydrogen-bond acceptors (Lipinski definition) is 4. The summed E-state index contributed by atoms with van der Waals surface area (Å²) >= 11 is 0. The van der Waals surface area contributed by atoms with Gasteiger partial charge in [0.2, 0.25) is 0 Å². The van der Waals surface area contributed by atoms with Gasteiger partial charge in [-0.15, -0.1) is 0 Å². The number of alkyl halides is 3. The van der Waals surface area contributed by atoms with Crippen LogP contribution in [0.4, 0.5) is 13.2 Å². The lowest BCUT2D eigenvalue weighted by atomic mass is 10.1. The quantitative estimate of drug-likeness (QED) is 0.928. The third kappa shape index (κ3) is 4.33. The zero-order chi connectivity index (χ0) is 15.5. The van der Waals surface area contributed by atoms with E-state index in [-0.39, 0.29) is 12.7 Å². The lowest BCUT2D eigenvalue weighted by Crippen LogP contribution is -2.36. The number of nitrogens with zero attached hydrogens (tertiary/aromatic N) is 1. The number of hydrogen-bond donors (Lipinski definition) is 1. The van der Waals surface area contributed by atoms with Crippen molar-refractivity contribution in [2.45, 2.75) is 31.7 Å². The molecule has 0 saturated carbocycles. The summed E-state index contributed by atoms with van der Waals surface area (Å²) in [5, 5.41) is 10.5. The Morgan fingerprint density at radius 2 is 1.95 bits per heavy atom. The van der Waals surface area contributed by atoms with Gasteiger partial charge in [-0.3, -0.25) is 0 Å². The van der Waals surface area contributed by atoms with Crippen molar-refractivity contribution in [1.29, 1.82) is 0 Å². The molecule has 7 heteroatoms. The fraction of sp³-hybridized carbons (Fsp3) is 0.571. The minimum Gasteiger partial charge on any atom is -0.490 e. The van der Waals surface area contributed by atoms with Gasteiger partial charge in [0, 0.05) is 25.8 Å². The van der Waals surface area contributed by atoms with Crippen molar-refractivity contribution in [2.24, 2.45) is 0 Å². The molecule has 0 spiro atoms. The molecular formula is C14H18F3NO3. The summed E-state index contributed by atoms with van der Waals surface area (Å²) < 4.78 is 48.9. The van der Waals surface area contributed by atoms with Crippen LogP contribution in [0.1, 0.15) is 24.0 Å². The molecule has 1 aromatic carbocycles. The maximum Gasteiger partial charge on any atom is 0.416 e. The second kappa shape index (κ2) is 6.64. The largest absolute Gasteiger partial charge is 0.490 e. The van der Waals surface area contributed by atoms with E-state index in [0.717, 1.165) is 12.1 Å². The van der Waals surface area contributed by atoms with Crippen molar-refractivity contribution in [3.63, 3.8) is 0 Å². The van der Waals surface area contributed by atoms with E-state index >= 15 is 0 Å². The Labute approximate surface area is 121 Å². The van der Waals surface area contributed by atoms with Gasteiger partial charge in [-0.2, -0.15) is 18.2 Å². The van der Waals surface area contributed by atoms with Gasteiger partial charge in [0.25, 0.3) is 0 Å². The van der Waals surface area contributed by atoms with E-state index in [4.69, 9.17) is 9.47 Å². The van der Waals surface area contributed by atoms with Crippen LogP contribution in [0.5, 0.6) is 5.75 Å². The van der Waals surface area contributed by atoms with Gasteiger partial charge < -0.3 is 14.7 Å². The van der Waals surface area contributed by atoms with Crippen LogP contribution < -0.4 is 4.74 Å². The monoisotopic (exact) mass is 305 g/mol. The van der Waals surface area contributed by atoms with Gasteiger partial charge in [-0.1, -0.05) is 0 Å². The molecule has 1 saturated heterocycles. The maximum atomic E-state index is 12.7. The summed E-state index contributed by atoms with van der Waals surface area (Å²) in [6.45, 7) is 1.04. The molecule has 1 heterocycles. The second-order valence-corrected chi connectivity index (χ2v) is 5.02. The lowest BCUT2D eigenvalue weighted by Gasteiger charge is -2.28. The third-order valence-corrected chi connectivity index (χ3v) is 3.40. The fourth-order valence-electron chi connectivity index (χ4n) is 2.28. The molecular weight excluding hydrogens is 287 g/mol. The maximum absolute atomic E-state index is 12.7. The topological polar surface area (TPSA) is 41.9 Å². The zero-order valence-electron chi connectivity index (χ0n) is 11.7. The molecule has 1 aliphatic rings. The standard InChI is InChI=1S/C14H18F3NO3/c1-20-9-10-8-11(14(15,16)17)2-3-13(10)21-12-4-6-18(19)7-5-12/h2-3,8,12,19H,4-7,9H2,1H3. The summed E-state index contributed by atoms with van der Waals surface area (Å²) in [6.07, 6.45) is -3.24. The van der Waals surface area contributed by atoms with Crippen LogP contribution in [0.3, 0.4) is 0 Å². The molecule has 0 atom stereocenters. The minimum atomic E-state index is -4.39. The molecule has 0 unspecified atom stereocenters. The predicted molar refractivity (Wildman–Crippen MR) is 69.2 cm³/mol. The van der Waals surface area contributed by atoms with E-state index < -0.39 is 11.7 Å². The van der Waals surface area contributed by atoms with Gasteiger partial charge in [0.1, 0.15) is 11.9 Å². The summed E-state index contributed by atoms with van der Waals surface area (Å²) in [5.74, 6) is 0.404. The molecule has 1 N–H and O–H groups in total. The first-order valence-electron chi connectivity index (χ1n) is 6.69. The Kier molecular flexibility index (Phi) is 5.08. The van der Waals surface area contributed by atoms with Gasteiger partial charge in [-0.05, 0) is 31.0 Å². The summed E-state index contributed by atoms with van der Waals surface area (Å²) in [7, 11) is 1.42. The van der Waals surface area contributed by atoms with E-state index in [1.165, 1.54) is 18.2 Å². The van der Waals surface area contributed by atoms with Gasteiger partial charge >= 0.3 is 6.18 Å². The summed E-state index contributed by atoms with van der Waals surface area (Å²) in [4.78, 5) is 0.